The van der Waals surface area contributed by atoms with E-state index in [9.17, 15) is 13.2 Å². The third kappa shape index (κ3) is 5.05. The highest BCUT2D eigenvalue weighted by molar-refractivity contribution is 8.02. The zero-order chi connectivity index (χ0) is 20.3. The topological polar surface area (TPSA) is 81.7 Å². The number of carbonyl (C=O) groups excluding carboxylic acids is 1. The fourth-order valence-corrected chi connectivity index (χ4v) is 7.08. The predicted octanol–water partition coefficient (Wildman–Crippen LogP) is 2.71. The van der Waals surface area contributed by atoms with E-state index in [1.54, 1.807) is 6.07 Å². The van der Waals surface area contributed by atoms with Gasteiger partial charge in [-0.25, -0.2) is 8.42 Å². The lowest BCUT2D eigenvalue weighted by Crippen LogP contribution is -2.26. The van der Waals surface area contributed by atoms with Gasteiger partial charge < -0.3 is 14.8 Å². The van der Waals surface area contributed by atoms with Gasteiger partial charge in [0, 0.05) is 16.7 Å². The zero-order valence-electron chi connectivity index (χ0n) is 15.9. The number of thioether (sulfide) groups is 1. The third-order valence-corrected chi connectivity index (χ3v) is 8.25. The summed E-state index contributed by atoms with van der Waals surface area (Å²) >= 11 is 1.48. The summed E-state index contributed by atoms with van der Waals surface area (Å²) in [5.41, 5.74) is 1.65. The summed E-state index contributed by atoms with van der Waals surface area (Å²) in [5.74, 6) is 1.76. The Labute approximate surface area is 174 Å². The van der Waals surface area contributed by atoms with Crippen LogP contribution in [0.5, 0.6) is 11.5 Å². The summed E-state index contributed by atoms with van der Waals surface area (Å²) in [4.78, 5) is 13.5. The number of rotatable bonds is 6. The Balaban J connectivity index is 1.35. The average molecular weight is 434 g/mol. The number of sulfone groups is 1. The smallest absolute Gasteiger partial charge is 0.252 e. The van der Waals surface area contributed by atoms with Gasteiger partial charge in [0.25, 0.3) is 5.91 Å². The van der Waals surface area contributed by atoms with Crippen LogP contribution in [0, 0.1) is 0 Å². The van der Waals surface area contributed by atoms with Crippen LogP contribution in [0.15, 0.2) is 47.4 Å². The van der Waals surface area contributed by atoms with Crippen molar-refractivity contribution in [1.82, 2.24) is 5.32 Å². The molecule has 0 spiro atoms. The number of hydrogen-bond donors (Lipinski definition) is 1. The maximum absolute atomic E-state index is 12.7. The minimum atomic E-state index is -2.94. The molecule has 1 amide bonds. The van der Waals surface area contributed by atoms with E-state index in [4.69, 9.17) is 9.47 Å². The van der Waals surface area contributed by atoms with Gasteiger partial charge in [-0.15, -0.1) is 11.8 Å². The number of fused-ring (bicyclic) bond motifs is 1. The minimum Gasteiger partial charge on any atom is -0.486 e. The van der Waals surface area contributed by atoms with Crippen molar-refractivity contribution in [3.05, 3.63) is 53.6 Å². The van der Waals surface area contributed by atoms with Gasteiger partial charge in [0.1, 0.15) is 13.2 Å². The fourth-order valence-electron chi connectivity index (χ4n) is 3.45. The van der Waals surface area contributed by atoms with Crippen LogP contribution in [0.4, 0.5) is 0 Å². The molecule has 0 radical (unpaired) electrons. The molecule has 1 atom stereocenters. The molecule has 2 aliphatic rings. The second kappa shape index (κ2) is 8.67. The van der Waals surface area contributed by atoms with Crippen molar-refractivity contribution < 1.29 is 22.7 Å². The highest BCUT2D eigenvalue weighted by Gasteiger charge is 2.29. The Kier molecular flexibility index (Phi) is 6.01. The maximum atomic E-state index is 12.7. The molecule has 0 bridgehead atoms. The van der Waals surface area contributed by atoms with Crippen LogP contribution < -0.4 is 14.8 Å². The summed E-state index contributed by atoms with van der Waals surface area (Å²) in [6, 6.07) is 13.2. The van der Waals surface area contributed by atoms with Crippen molar-refractivity contribution in [2.45, 2.75) is 23.0 Å². The van der Waals surface area contributed by atoms with Crippen LogP contribution in [0.3, 0.4) is 0 Å². The van der Waals surface area contributed by atoms with Crippen LogP contribution in [0.2, 0.25) is 0 Å². The SMILES string of the molecule is O=C(NCCc1ccc2c(c1)OCCO2)c1ccccc1S[C@H]1CCS(=O)(=O)C1. The molecule has 0 aliphatic carbocycles. The molecule has 0 aromatic heterocycles. The van der Waals surface area contributed by atoms with Crippen molar-refractivity contribution in [3.8, 4) is 11.5 Å². The number of nitrogens with one attached hydrogen (secondary N) is 1. The number of amides is 1. The van der Waals surface area contributed by atoms with E-state index in [0.29, 0.717) is 38.2 Å². The lowest BCUT2D eigenvalue weighted by molar-refractivity contribution is 0.0951. The molecule has 0 unspecified atom stereocenters. The Morgan fingerprint density at radius 1 is 1.10 bits per heavy atom. The molecule has 8 heteroatoms. The number of carbonyl (C=O) groups is 1. The molecule has 6 nitrogen and oxygen atoms in total. The van der Waals surface area contributed by atoms with Gasteiger partial charge in [0.05, 0.1) is 17.1 Å². The summed E-state index contributed by atoms with van der Waals surface area (Å²) in [6.45, 7) is 1.60. The Morgan fingerprint density at radius 3 is 2.69 bits per heavy atom. The second-order valence-electron chi connectivity index (χ2n) is 7.12. The monoisotopic (exact) mass is 433 g/mol. The van der Waals surface area contributed by atoms with Gasteiger partial charge in [0.2, 0.25) is 0 Å². The summed E-state index contributed by atoms with van der Waals surface area (Å²) < 4.78 is 34.5. The summed E-state index contributed by atoms with van der Waals surface area (Å²) in [7, 11) is -2.94. The lowest BCUT2D eigenvalue weighted by Gasteiger charge is -2.19. The Morgan fingerprint density at radius 2 is 1.90 bits per heavy atom. The van der Waals surface area contributed by atoms with E-state index in [2.05, 4.69) is 5.32 Å². The highest BCUT2D eigenvalue weighted by Crippen LogP contribution is 2.33. The standard InChI is InChI=1S/C21H23NO5S2/c23-21(22-9-7-15-5-6-18-19(13-15)27-11-10-26-18)17-3-1-2-4-20(17)28-16-8-12-29(24,25)14-16/h1-6,13,16H,7-12,14H2,(H,22,23)/t16-/m0/s1. The molecule has 2 aromatic rings. The molecule has 1 N–H and O–H groups in total. The van der Waals surface area contributed by atoms with Crippen molar-refractivity contribution in [2.75, 3.05) is 31.3 Å². The quantitative estimate of drug-likeness (QED) is 0.754. The van der Waals surface area contributed by atoms with E-state index in [0.717, 1.165) is 22.0 Å². The molecule has 4 rings (SSSR count). The van der Waals surface area contributed by atoms with E-state index in [-0.39, 0.29) is 22.7 Å². The molecule has 2 heterocycles. The van der Waals surface area contributed by atoms with Crippen LogP contribution in [0.25, 0.3) is 0 Å². The molecular weight excluding hydrogens is 410 g/mol. The van der Waals surface area contributed by atoms with Crippen molar-refractivity contribution in [2.24, 2.45) is 0 Å². The van der Waals surface area contributed by atoms with E-state index < -0.39 is 9.84 Å². The molecule has 1 saturated heterocycles. The van der Waals surface area contributed by atoms with Crippen molar-refractivity contribution >= 4 is 27.5 Å². The molecular formula is C21H23NO5S2. The Hall–Kier alpha value is -2.19. The van der Waals surface area contributed by atoms with Crippen molar-refractivity contribution in [3.63, 3.8) is 0 Å². The van der Waals surface area contributed by atoms with Gasteiger partial charge in [-0.2, -0.15) is 0 Å². The van der Waals surface area contributed by atoms with E-state index in [1.807, 2.05) is 36.4 Å². The lowest BCUT2D eigenvalue weighted by atomic mass is 10.1. The first kappa shape index (κ1) is 20.1. The normalized spacial score (nSPS) is 19.7. The van der Waals surface area contributed by atoms with Gasteiger partial charge in [-0.1, -0.05) is 18.2 Å². The number of ether oxygens (including phenoxy) is 2. The third-order valence-electron chi connectivity index (χ3n) is 4.92. The first-order valence-corrected chi connectivity index (χ1v) is 12.3. The van der Waals surface area contributed by atoms with Gasteiger partial charge in [-0.3, -0.25) is 4.79 Å². The second-order valence-corrected chi connectivity index (χ2v) is 10.7. The molecule has 154 valence electrons. The molecule has 0 saturated carbocycles. The van der Waals surface area contributed by atoms with Gasteiger partial charge in [-0.05, 0) is 42.7 Å². The number of hydrogen-bond acceptors (Lipinski definition) is 6. The van der Waals surface area contributed by atoms with Gasteiger partial charge >= 0.3 is 0 Å². The Bertz CT molecular complexity index is 1010. The van der Waals surface area contributed by atoms with Crippen LogP contribution in [-0.4, -0.2) is 50.8 Å². The van der Waals surface area contributed by atoms with Crippen LogP contribution in [0.1, 0.15) is 22.3 Å². The van der Waals surface area contributed by atoms with E-state index >= 15 is 0 Å². The highest BCUT2D eigenvalue weighted by atomic mass is 32.2. The summed E-state index contributed by atoms with van der Waals surface area (Å²) in [6.07, 6.45) is 1.31. The number of benzene rings is 2. The van der Waals surface area contributed by atoms with Crippen molar-refractivity contribution in [1.29, 1.82) is 0 Å². The molecule has 2 aromatic carbocycles. The fraction of sp³-hybridized carbons (Fsp3) is 0.381. The van der Waals surface area contributed by atoms with E-state index in [1.165, 1.54) is 11.8 Å². The summed E-state index contributed by atoms with van der Waals surface area (Å²) in [5, 5.41) is 2.97. The molecule has 29 heavy (non-hydrogen) atoms. The predicted molar refractivity (Wildman–Crippen MR) is 113 cm³/mol. The molecule has 1 fully saturated rings. The molecule has 2 aliphatic heterocycles. The van der Waals surface area contributed by atoms with Crippen LogP contribution in [-0.2, 0) is 16.3 Å². The first-order valence-electron chi connectivity index (χ1n) is 9.63. The average Bonchev–Trinajstić information content (AvgIpc) is 3.06. The van der Waals surface area contributed by atoms with Gasteiger partial charge in [0.15, 0.2) is 21.3 Å². The largest absolute Gasteiger partial charge is 0.486 e. The first-order chi connectivity index (χ1) is 14.0. The zero-order valence-corrected chi connectivity index (χ0v) is 17.6. The van der Waals surface area contributed by atoms with Crippen LogP contribution >= 0.6 is 11.8 Å². The maximum Gasteiger partial charge on any atom is 0.252 e. The minimum absolute atomic E-state index is 0.00617.